The minimum Gasteiger partial charge on any atom is -0.462 e. The number of aromatic nitrogens is 4. The van der Waals surface area contributed by atoms with Crippen LogP contribution in [-0.2, 0) is 44.0 Å². The van der Waals surface area contributed by atoms with Gasteiger partial charge in [-0.2, -0.15) is 9.97 Å². The molecule has 1 unspecified atom stereocenters. The predicted octanol–water partition coefficient (Wildman–Crippen LogP) is 12.2. The number of amides is 1. The van der Waals surface area contributed by atoms with Crippen LogP contribution in [0.15, 0.2) is 53.4 Å². The molecule has 0 saturated carbocycles. The first kappa shape index (κ1) is 65.4. The van der Waals surface area contributed by atoms with Gasteiger partial charge < -0.3 is 39.9 Å². The fourth-order valence-electron chi connectivity index (χ4n) is 8.34. The van der Waals surface area contributed by atoms with Gasteiger partial charge in [0.1, 0.15) is 18.7 Å². The van der Waals surface area contributed by atoms with E-state index < -0.39 is 44.1 Å². The third-order valence-corrected chi connectivity index (χ3v) is 13.8. The molecule has 76 heavy (non-hydrogen) atoms. The number of carbonyl (C=O) groups is 3. The van der Waals surface area contributed by atoms with Crippen LogP contribution in [0.3, 0.4) is 0 Å². The van der Waals surface area contributed by atoms with Crippen LogP contribution in [0.25, 0.3) is 11.2 Å². The normalized spacial score (nSPS) is 12.9. The molecule has 428 valence electrons. The molecule has 0 spiro atoms. The van der Waals surface area contributed by atoms with Gasteiger partial charge in [0, 0.05) is 32.1 Å². The second-order valence-electron chi connectivity index (χ2n) is 19.5. The number of phosphoric acid groups is 1. The summed E-state index contributed by atoms with van der Waals surface area (Å²) in [7, 11) is -3.16. The zero-order chi connectivity index (χ0) is 54.9. The number of nitrogens with two attached hydrogens (primary N) is 1. The maximum atomic E-state index is 12.9. The Hall–Kier alpha value is -4.87. The standard InChI is InChI=1S/C57H93N6O12P/c1-4-6-8-10-12-14-16-18-20-22-24-26-28-30-32-34-50(64)72-45-49(75-51(65)35-33-31-29-27-25-23-21-19-17-15-13-11-9-7-5-2)46-74-76(68,69)73-41-40-59-55(66)48-38-36-47(37-39-48)44-63-54-52(60-57(63)67)53(58)61-56(62-54)71-43-42-70-3/h18-21,36-39,49H,4-17,22-35,40-46H2,1-3H3,(H,59,66)(H,60,67)(H,68,69)(H2,58,61,62)/b20-18-,21-19-/t49-/m1/s1. The fraction of sp³-hybridized carbons (Fsp3) is 0.684. The van der Waals surface area contributed by atoms with Gasteiger partial charge in [0.2, 0.25) is 0 Å². The average Bonchev–Trinajstić information content (AvgIpc) is 3.74. The second-order valence-corrected chi connectivity index (χ2v) is 20.9. The Morgan fingerprint density at radius 3 is 1.78 bits per heavy atom. The molecular weight excluding hydrogens is 992 g/mol. The van der Waals surface area contributed by atoms with Gasteiger partial charge in [0.25, 0.3) is 5.91 Å². The largest absolute Gasteiger partial charge is 0.472 e. The number of phosphoric ester groups is 1. The van der Waals surface area contributed by atoms with E-state index in [9.17, 15) is 28.6 Å². The molecule has 0 radical (unpaired) electrons. The van der Waals surface area contributed by atoms with Crippen LogP contribution in [0.1, 0.15) is 210 Å². The van der Waals surface area contributed by atoms with E-state index in [4.69, 9.17) is 33.7 Å². The number of nitrogen functional groups attached to an aromatic ring is 1. The average molecular weight is 1090 g/mol. The first-order chi connectivity index (χ1) is 37.0. The maximum absolute atomic E-state index is 12.9. The third-order valence-electron chi connectivity index (χ3n) is 12.8. The molecule has 0 aliphatic rings. The number of allylic oxidation sites excluding steroid dienone is 4. The number of H-pyrrole nitrogens is 1. The van der Waals surface area contributed by atoms with Gasteiger partial charge in [-0.05, 0) is 81.9 Å². The molecule has 0 aliphatic carbocycles. The number of imidazole rings is 1. The van der Waals surface area contributed by atoms with Gasteiger partial charge in [-0.1, -0.05) is 153 Å². The van der Waals surface area contributed by atoms with E-state index in [-0.39, 0.29) is 74.3 Å². The van der Waals surface area contributed by atoms with E-state index >= 15 is 0 Å². The molecule has 0 aliphatic heterocycles. The number of hydrogen-bond acceptors (Lipinski definition) is 14. The first-order valence-electron chi connectivity index (χ1n) is 28.5. The molecule has 0 bridgehead atoms. The number of fused-ring (bicyclic) bond motifs is 1. The predicted molar refractivity (Wildman–Crippen MR) is 299 cm³/mol. The molecule has 2 aromatic heterocycles. The van der Waals surface area contributed by atoms with Crippen molar-refractivity contribution in [3.63, 3.8) is 0 Å². The van der Waals surface area contributed by atoms with Gasteiger partial charge >= 0.3 is 31.5 Å². The molecule has 1 amide bonds. The number of carbonyl (C=O) groups excluding carboxylic acids is 3. The van der Waals surface area contributed by atoms with Crippen LogP contribution in [0.2, 0.25) is 0 Å². The van der Waals surface area contributed by atoms with Gasteiger partial charge in [-0.25, -0.2) is 9.36 Å². The lowest BCUT2D eigenvalue weighted by molar-refractivity contribution is -0.161. The summed E-state index contributed by atoms with van der Waals surface area (Å²) >= 11 is 0. The summed E-state index contributed by atoms with van der Waals surface area (Å²) in [4.78, 5) is 73.0. The number of nitrogens with zero attached hydrogens (tertiary/aromatic N) is 3. The molecule has 18 nitrogen and oxygen atoms in total. The van der Waals surface area contributed by atoms with Crippen molar-refractivity contribution in [1.29, 1.82) is 0 Å². The molecule has 0 fully saturated rings. The number of anilines is 1. The van der Waals surface area contributed by atoms with Gasteiger partial charge in [0.15, 0.2) is 17.6 Å². The highest BCUT2D eigenvalue weighted by Crippen LogP contribution is 2.43. The molecule has 3 aromatic rings. The van der Waals surface area contributed by atoms with Crippen LogP contribution < -0.4 is 21.5 Å². The highest BCUT2D eigenvalue weighted by atomic mass is 31.2. The monoisotopic (exact) mass is 1080 g/mol. The van der Waals surface area contributed by atoms with Gasteiger partial charge in [0.05, 0.1) is 26.4 Å². The van der Waals surface area contributed by atoms with Crippen molar-refractivity contribution >= 4 is 42.7 Å². The number of nitrogens with one attached hydrogen (secondary N) is 2. The van der Waals surface area contributed by atoms with E-state index in [0.29, 0.717) is 25.0 Å². The SMILES string of the molecule is CCCCCCCC/C=C\CCCCCCCC(=O)OC[C@H](COP(=O)(O)OCCNC(=O)c1ccc(Cn2c(=O)[nH]c3c(N)nc(OCCOC)nc32)cc1)OC(=O)CCCCCCC/C=C\CCCCCCCC. The number of aromatic amines is 1. The van der Waals surface area contributed by atoms with Gasteiger partial charge in [-0.3, -0.25) is 28.0 Å². The van der Waals surface area contributed by atoms with Crippen molar-refractivity contribution in [2.24, 2.45) is 0 Å². The Kier molecular flexibility index (Phi) is 35.5. The van der Waals surface area contributed by atoms with Crippen molar-refractivity contribution in [3.8, 4) is 6.01 Å². The molecule has 19 heteroatoms. The maximum Gasteiger partial charge on any atom is 0.472 e. The second kappa shape index (κ2) is 41.3. The lowest BCUT2D eigenvalue weighted by atomic mass is 10.1. The summed E-state index contributed by atoms with van der Waals surface area (Å²) in [5.74, 6) is -1.40. The number of benzene rings is 1. The molecule has 3 rings (SSSR count). The number of rotatable bonds is 47. The molecular formula is C57H93N6O12P. The van der Waals surface area contributed by atoms with Crippen LogP contribution >= 0.6 is 7.82 Å². The Labute approximate surface area is 452 Å². The van der Waals surface area contributed by atoms with Gasteiger partial charge in [-0.15, -0.1) is 0 Å². The molecule has 5 N–H and O–H groups in total. The van der Waals surface area contributed by atoms with Crippen LogP contribution in [0.4, 0.5) is 5.82 Å². The zero-order valence-corrected chi connectivity index (χ0v) is 47.1. The quantitative estimate of drug-likeness (QED) is 0.0178. The molecule has 2 heterocycles. The van der Waals surface area contributed by atoms with Crippen molar-refractivity contribution in [2.45, 2.75) is 206 Å². The topological polar surface area (TPSA) is 246 Å². The van der Waals surface area contributed by atoms with Crippen LogP contribution in [-0.4, -0.2) is 95.1 Å². The summed E-state index contributed by atoms with van der Waals surface area (Å²) in [6.45, 7) is 3.66. The Balaban J connectivity index is 1.41. The number of methoxy groups -OCH3 is 1. The number of unbranched alkanes of at least 4 members (excludes halogenated alkanes) is 22. The van der Waals surface area contributed by atoms with Crippen molar-refractivity contribution in [3.05, 3.63) is 70.2 Å². The van der Waals surface area contributed by atoms with Crippen molar-refractivity contribution in [1.82, 2.24) is 24.8 Å². The summed E-state index contributed by atoms with van der Waals surface area (Å²) in [6, 6.07) is 6.48. The molecule has 2 atom stereocenters. The minimum atomic E-state index is -4.69. The summed E-state index contributed by atoms with van der Waals surface area (Å²) in [6.07, 6.45) is 37.9. The molecule has 0 saturated heterocycles. The minimum absolute atomic E-state index is 0.00346. The zero-order valence-electron chi connectivity index (χ0n) is 46.2. The van der Waals surface area contributed by atoms with Crippen LogP contribution in [0.5, 0.6) is 6.01 Å². The van der Waals surface area contributed by atoms with Crippen LogP contribution in [0, 0.1) is 0 Å². The van der Waals surface area contributed by atoms with E-state index in [0.717, 1.165) is 77.0 Å². The number of ether oxygens (including phenoxy) is 4. The van der Waals surface area contributed by atoms with Crippen molar-refractivity contribution in [2.75, 3.05) is 52.4 Å². The summed E-state index contributed by atoms with van der Waals surface area (Å²) < 4.78 is 46.2. The lowest BCUT2D eigenvalue weighted by Gasteiger charge is -2.20. The Bertz CT molecular complexity index is 2210. The van der Waals surface area contributed by atoms with E-state index in [1.54, 1.807) is 24.3 Å². The Morgan fingerprint density at radius 2 is 1.22 bits per heavy atom. The number of hydrogen-bond donors (Lipinski definition) is 4. The van der Waals surface area contributed by atoms with Crippen molar-refractivity contribution < 1.29 is 51.8 Å². The highest BCUT2D eigenvalue weighted by Gasteiger charge is 2.26. The van der Waals surface area contributed by atoms with E-state index in [1.807, 2.05) is 0 Å². The highest BCUT2D eigenvalue weighted by molar-refractivity contribution is 7.47. The van der Waals surface area contributed by atoms with E-state index in [2.05, 4.69) is 58.4 Å². The third kappa shape index (κ3) is 30.2. The lowest BCUT2D eigenvalue weighted by Crippen LogP contribution is -2.30. The summed E-state index contributed by atoms with van der Waals surface area (Å²) in [5, 5.41) is 2.63. The Morgan fingerprint density at radius 1 is 0.697 bits per heavy atom. The summed E-state index contributed by atoms with van der Waals surface area (Å²) in [5.41, 5.74) is 7.08. The fourth-order valence-corrected chi connectivity index (χ4v) is 9.10. The smallest absolute Gasteiger partial charge is 0.462 e. The number of esters is 2. The first-order valence-corrected chi connectivity index (χ1v) is 30.0. The van der Waals surface area contributed by atoms with E-state index in [1.165, 1.54) is 88.7 Å². The molecule has 1 aromatic carbocycles.